The van der Waals surface area contributed by atoms with Crippen molar-refractivity contribution >= 4 is 37.2 Å². The number of nitrogens with one attached hydrogen (secondary N) is 1. The minimum atomic E-state index is -3.99. The molecule has 1 amide bonds. The monoisotopic (exact) mass is 339 g/mol. The second kappa shape index (κ2) is 7.26. The molecule has 0 aromatic heterocycles. The molecule has 0 unspecified atom stereocenters. The topological polar surface area (TPSA) is 72.5 Å². The van der Waals surface area contributed by atoms with Gasteiger partial charge in [-0.1, -0.05) is 11.6 Å². The maximum Gasteiger partial charge on any atom is 0.262 e. The van der Waals surface area contributed by atoms with Crippen LogP contribution < -0.4 is 5.32 Å². The lowest BCUT2D eigenvalue weighted by molar-refractivity contribution is 0.0746. The molecule has 0 saturated carbocycles. The molecule has 112 valence electrons. The van der Waals surface area contributed by atoms with Crippen LogP contribution in [-0.2, 0) is 13.8 Å². The summed E-state index contributed by atoms with van der Waals surface area (Å²) < 4.78 is 27.9. The minimum Gasteiger partial charge on any atom is -0.377 e. The Morgan fingerprint density at radius 3 is 2.60 bits per heavy atom. The lowest BCUT2D eigenvalue weighted by Crippen LogP contribution is -2.28. The van der Waals surface area contributed by atoms with Crippen molar-refractivity contribution in [3.05, 3.63) is 28.8 Å². The largest absolute Gasteiger partial charge is 0.377 e. The third kappa shape index (κ3) is 5.28. The van der Waals surface area contributed by atoms with E-state index in [0.29, 0.717) is 13.2 Å². The second-order valence-electron chi connectivity index (χ2n) is 4.26. The van der Waals surface area contributed by atoms with Crippen molar-refractivity contribution in [3.8, 4) is 0 Å². The van der Waals surface area contributed by atoms with Crippen molar-refractivity contribution in [1.29, 1.82) is 0 Å². The summed E-state index contributed by atoms with van der Waals surface area (Å²) in [5, 5.41) is 2.58. The molecule has 0 bridgehead atoms. The summed E-state index contributed by atoms with van der Waals surface area (Å²) in [4.78, 5) is 11.5. The highest BCUT2D eigenvalue weighted by Gasteiger charge is 2.17. The SMILES string of the molecule is CC(C)OCCNC(=O)c1ccc(Cl)c(S(=O)(=O)Cl)c1. The molecule has 0 aliphatic rings. The molecular weight excluding hydrogens is 325 g/mol. The van der Waals surface area contributed by atoms with Crippen LogP contribution in [0.2, 0.25) is 5.02 Å². The molecule has 0 spiro atoms. The molecule has 0 aliphatic carbocycles. The number of halogens is 2. The predicted octanol–water partition coefficient (Wildman–Crippen LogP) is 2.42. The number of amides is 1. The normalized spacial score (nSPS) is 11.7. The first kappa shape index (κ1) is 17.2. The average molecular weight is 340 g/mol. The minimum absolute atomic E-state index is 0.0281. The number of carbonyl (C=O) groups excluding carboxylic acids is 1. The number of ether oxygens (including phenoxy) is 1. The van der Waals surface area contributed by atoms with E-state index < -0.39 is 15.0 Å². The zero-order valence-electron chi connectivity index (χ0n) is 11.0. The van der Waals surface area contributed by atoms with E-state index in [9.17, 15) is 13.2 Å². The fraction of sp³-hybridized carbons (Fsp3) is 0.417. The highest BCUT2D eigenvalue weighted by molar-refractivity contribution is 8.13. The average Bonchev–Trinajstić information content (AvgIpc) is 2.33. The molecule has 1 N–H and O–H groups in total. The second-order valence-corrected chi connectivity index (χ2v) is 7.20. The van der Waals surface area contributed by atoms with Gasteiger partial charge in [0.2, 0.25) is 0 Å². The summed E-state index contributed by atoms with van der Waals surface area (Å²) >= 11 is 5.73. The Kier molecular flexibility index (Phi) is 6.26. The fourth-order valence-electron chi connectivity index (χ4n) is 1.39. The van der Waals surface area contributed by atoms with Crippen LogP contribution in [0.25, 0.3) is 0 Å². The van der Waals surface area contributed by atoms with Crippen LogP contribution in [0.4, 0.5) is 0 Å². The molecule has 5 nitrogen and oxygen atoms in total. The first-order valence-corrected chi connectivity index (χ1v) is 8.54. The van der Waals surface area contributed by atoms with Crippen molar-refractivity contribution in [2.75, 3.05) is 13.2 Å². The quantitative estimate of drug-likeness (QED) is 0.638. The molecule has 0 atom stereocenters. The Bertz CT molecular complexity index is 587. The van der Waals surface area contributed by atoms with Crippen molar-refractivity contribution in [2.45, 2.75) is 24.8 Å². The maximum absolute atomic E-state index is 11.8. The molecule has 20 heavy (non-hydrogen) atoms. The summed E-state index contributed by atoms with van der Waals surface area (Å²) in [6.07, 6.45) is 0.0791. The molecule has 8 heteroatoms. The molecule has 1 aromatic carbocycles. The van der Waals surface area contributed by atoms with E-state index in [2.05, 4.69) is 5.32 Å². The number of benzene rings is 1. The van der Waals surface area contributed by atoms with Crippen LogP contribution in [0, 0.1) is 0 Å². The van der Waals surface area contributed by atoms with Gasteiger partial charge in [-0.05, 0) is 32.0 Å². The third-order valence-electron chi connectivity index (χ3n) is 2.29. The molecule has 0 saturated heterocycles. The lowest BCUT2D eigenvalue weighted by atomic mass is 10.2. The molecular formula is C12H15Cl2NO4S. The zero-order chi connectivity index (χ0) is 15.3. The molecule has 0 radical (unpaired) electrons. The van der Waals surface area contributed by atoms with Gasteiger partial charge in [-0.25, -0.2) is 8.42 Å². The van der Waals surface area contributed by atoms with E-state index in [0.717, 1.165) is 6.07 Å². The van der Waals surface area contributed by atoms with Crippen LogP contribution in [0.15, 0.2) is 23.1 Å². The number of rotatable bonds is 6. The maximum atomic E-state index is 11.8. The van der Waals surface area contributed by atoms with Gasteiger partial charge in [0.25, 0.3) is 15.0 Å². The molecule has 1 aromatic rings. The van der Waals surface area contributed by atoms with Crippen molar-refractivity contribution in [3.63, 3.8) is 0 Å². The van der Waals surface area contributed by atoms with E-state index in [1.165, 1.54) is 12.1 Å². The highest BCUT2D eigenvalue weighted by Crippen LogP contribution is 2.25. The molecule has 0 fully saturated rings. The first-order chi connectivity index (χ1) is 9.21. The van der Waals surface area contributed by atoms with Crippen LogP contribution in [0.1, 0.15) is 24.2 Å². The van der Waals surface area contributed by atoms with Gasteiger partial charge in [0.15, 0.2) is 0 Å². The van der Waals surface area contributed by atoms with E-state index in [1.807, 2.05) is 13.8 Å². The predicted molar refractivity (Wildman–Crippen MR) is 77.9 cm³/mol. The molecule has 0 aliphatic heterocycles. The number of hydrogen-bond donors (Lipinski definition) is 1. The molecule has 1 rings (SSSR count). The summed E-state index contributed by atoms with van der Waals surface area (Å²) in [6.45, 7) is 4.47. The van der Waals surface area contributed by atoms with Gasteiger partial charge >= 0.3 is 0 Å². The van der Waals surface area contributed by atoms with Crippen molar-refractivity contribution < 1.29 is 17.9 Å². The summed E-state index contributed by atoms with van der Waals surface area (Å²) in [7, 11) is 1.25. The van der Waals surface area contributed by atoms with E-state index in [4.69, 9.17) is 27.0 Å². The van der Waals surface area contributed by atoms with Gasteiger partial charge in [-0.15, -0.1) is 0 Å². The Hall–Kier alpha value is -0.820. The van der Waals surface area contributed by atoms with Gasteiger partial charge < -0.3 is 10.1 Å². The third-order valence-corrected chi connectivity index (χ3v) is 4.10. The van der Waals surface area contributed by atoms with Gasteiger partial charge in [0.05, 0.1) is 17.7 Å². The zero-order valence-corrected chi connectivity index (χ0v) is 13.3. The molecule has 0 heterocycles. The summed E-state index contributed by atoms with van der Waals surface area (Å²) in [6, 6.07) is 3.88. The van der Waals surface area contributed by atoms with Crippen LogP contribution in [0.3, 0.4) is 0 Å². The van der Waals surface area contributed by atoms with E-state index >= 15 is 0 Å². The van der Waals surface area contributed by atoms with Crippen molar-refractivity contribution in [1.82, 2.24) is 5.32 Å². The van der Waals surface area contributed by atoms with Gasteiger partial charge in [0.1, 0.15) is 4.90 Å². The van der Waals surface area contributed by atoms with Gasteiger partial charge in [-0.2, -0.15) is 0 Å². The highest BCUT2D eigenvalue weighted by atomic mass is 35.7. The lowest BCUT2D eigenvalue weighted by Gasteiger charge is -2.09. The van der Waals surface area contributed by atoms with Crippen LogP contribution >= 0.6 is 22.3 Å². The number of hydrogen-bond acceptors (Lipinski definition) is 4. The Morgan fingerprint density at radius 2 is 2.05 bits per heavy atom. The standard InChI is InChI=1S/C12H15Cl2NO4S/c1-8(2)19-6-5-15-12(16)9-3-4-10(13)11(7-9)20(14,17)18/h3-4,7-8H,5-6H2,1-2H3,(H,15,16). The van der Waals surface area contributed by atoms with Gasteiger partial charge in [-0.3, -0.25) is 4.79 Å². The van der Waals surface area contributed by atoms with Crippen LogP contribution in [-0.4, -0.2) is 33.6 Å². The Labute approximate surface area is 127 Å². The van der Waals surface area contributed by atoms with E-state index in [-0.39, 0.29) is 21.6 Å². The first-order valence-electron chi connectivity index (χ1n) is 5.86. The Balaban J connectivity index is 2.75. The summed E-state index contributed by atoms with van der Waals surface area (Å²) in [5.74, 6) is -0.421. The van der Waals surface area contributed by atoms with Gasteiger partial charge in [0, 0.05) is 22.8 Å². The fourth-order valence-corrected chi connectivity index (χ4v) is 2.89. The summed E-state index contributed by atoms with van der Waals surface area (Å²) in [5.41, 5.74) is 0.165. The number of carbonyl (C=O) groups is 1. The Morgan fingerprint density at radius 1 is 1.40 bits per heavy atom. The van der Waals surface area contributed by atoms with Crippen LogP contribution in [0.5, 0.6) is 0 Å². The smallest absolute Gasteiger partial charge is 0.262 e. The van der Waals surface area contributed by atoms with Crippen molar-refractivity contribution in [2.24, 2.45) is 0 Å². The van der Waals surface area contributed by atoms with E-state index in [1.54, 1.807) is 0 Å².